The molecule has 8 heteroatoms. The number of ether oxygens (including phenoxy) is 1. The summed E-state index contributed by atoms with van der Waals surface area (Å²) in [6.45, 7) is 4.45. The number of benzene rings is 2. The highest BCUT2D eigenvalue weighted by Crippen LogP contribution is 2.34. The number of aromatic nitrogens is 3. The van der Waals surface area contributed by atoms with E-state index < -0.39 is 11.7 Å². The first kappa shape index (κ1) is 21.7. The Kier molecular flexibility index (Phi) is 5.78. The minimum atomic E-state index is -0.575. The van der Waals surface area contributed by atoms with E-state index in [1.807, 2.05) is 13.1 Å². The number of hydrogen-bond acceptors (Lipinski definition) is 4. The lowest BCUT2D eigenvalue weighted by Gasteiger charge is -2.11. The standard InChI is InChI=1S/C26H24FN5O2/c1-2-3-13-31-14-12-18(16-31)20-15-29-32-24(25(28)33)23(30-26(20)32)17-8-10-19(11-9-17)34-22-7-5-4-6-21(22)27/h4-11,15,18,30H,12-14,16H2,1H3,(H2,28,33). The molecule has 34 heavy (non-hydrogen) atoms. The topological polar surface area (TPSA) is 88.7 Å². The molecule has 7 nitrogen and oxygen atoms in total. The third kappa shape index (κ3) is 4.02. The fourth-order valence-corrected chi connectivity index (χ4v) is 4.44. The maximum absolute atomic E-state index is 13.9. The SMILES string of the molecule is CC#CCN1CCC(c2cnn3c(C(N)=O)c(-c4ccc(Oc5ccccc5F)cc4)[nH]c23)C1. The molecule has 3 heterocycles. The monoisotopic (exact) mass is 457 g/mol. The number of H-pyrrole nitrogens is 1. The van der Waals surface area contributed by atoms with Crippen molar-refractivity contribution in [2.45, 2.75) is 19.3 Å². The zero-order valence-corrected chi connectivity index (χ0v) is 18.7. The number of nitrogens with zero attached hydrogens (tertiary/aromatic N) is 3. The van der Waals surface area contributed by atoms with Gasteiger partial charge in [-0.1, -0.05) is 18.1 Å². The molecular weight excluding hydrogens is 433 g/mol. The number of hydrogen-bond donors (Lipinski definition) is 2. The summed E-state index contributed by atoms with van der Waals surface area (Å²) in [5, 5.41) is 4.47. The number of rotatable bonds is 6. The highest BCUT2D eigenvalue weighted by molar-refractivity contribution is 5.98. The van der Waals surface area contributed by atoms with Gasteiger partial charge in [0.25, 0.3) is 5.91 Å². The molecule has 0 radical (unpaired) electrons. The van der Waals surface area contributed by atoms with Crippen molar-refractivity contribution in [1.82, 2.24) is 19.5 Å². The maximum atomic E-state index is 13.9. The molecule has 3 N–H and O–H groups in total. The predicted molar refractivity (Wildman–Crippen MR) is 127 cm³/mol. The Morgan fingerprint density at radius 3 is 2.79 bits per heavy atom. The molecule has 0 saturated carbocycles. The number of fused-ring (bicyclic) bond motifs is 1. The van der Waals surface area contributed by atoms with Crippen LogP contribution in [0.5, 0.6) is 11.5 Å². The quantitative estimate of drug-likeness (QED) is 0.425. The van der Waals surface area contributed by atoms with Crippen molar-refractivity contribution in [1.29, 1.82) is 0 Å². The molecule has 4 aromatic rings. The number of nitrogens with one attached hydrogen (secondary N) is 1. The van der Waals surface area contributed by atoms with Gasteiger partial charge in [-0.15, -0.1) is 5.92 Å². The summed E-state index contributed by atoms with van der Waals surface area (Å²) in [5.41, 5.74) is 9.18. The van der Waals surface area contributed by atoms with Crippen LogP contribution in [0.15, 0.2) is 54.7 Å². The second-order valence-electron chi connectivity index (χ2n) is 8.28. The molecule has 172 valence electrons. The lowest BCUT2D eigenvalue weighted by molar-refractivity contribution is 0.0994. The van der Waals surface area contributed by atoms with Crippen LogP contribution in [0.3, 0.4) is 0 Å². The molecule has 2 aromatic carbocycles. The number of primary amides is 1. The van der Waals surface area contributed by atoms with E-state index in [0.29, 0.717) is 17.4 Å². The summed E-state index contributed by atoms with van der Waals surface area (Å²) < 4.78 is 21.1. The van der Waals surface area contributed by atoms with Crippen molar-refractivity contribution in [3.05, 3.63) is 71.8 Å². The van der Waals surface area contributed by atoms with Gasteiger partial charge < -0.3 is 15.5 Å². The Bertz CT molecular complexity index is 1410. The molecule has 0 bridgehead atoms. The number of nitrogens with two attached hydrogens (primary N) is 1. The van der Waals surface area contributed by atoms with Crippen molar-refractivity contribution in [3.63, 3.8) is 0 Å². The normalized spacial score (nSPS) is 15.9. The van der Waals surface area contributed by atoms with E-state index in [-0.39, 0.29) is 11.4 Å². The molecular formula is C26H24FN5O2. The first-order valence-corrected chi connectivity index (χ1v) is 11.1. The number of para-hydroxylation sites is 1. The van der Waals surface area contributed by atoms with Gasteiger partial charge in [0.2, 0.25) is 0 Å². The lowest BCUT2D eigenvalue weighted by atomic mass is 10.0. The van der Waals surface area contributed by atoms with Crippen LogP contribution in [0.1, 0.15) is 35.3 Å². The van der Waals surface area contributed by atoms with Crippen LogP contribution >= 0.6 is 0 Å². The van der Waals surface area contributed by atoms with Gasteiger partial charge in [0.1, 0.15) is 11.4 Å². The van der Waals surface area contributed by atoms with E-state index in [4.69, 9.17) is 10.5 Å². The molecule has 1 atom stereocenters. The van der Waals surface area contributed by atoms with Gasteiger partial charge in [0.15, 0.2) is 17.3 Å². The Hall–Kier alpha value is -4.09. The molecule has 0 aliphatic carbocycles. The number of amides is 1. The summed E-state index contributed by atoms with van der Waals surface area (Å²) in [6.07, 6.45) is 2.81. The molecule has 1 unspecified atom stereocenters. The fraction of sp³-hybridized carbons (Fsp3) is 0.231. The van der Waals surface area contributed by atoms with Gasteiger partial charge in [0, 0.05) is 23.6 Å². The minimum absolute atomic E-state index is 0.145. The maximum Gasteiger partial charge on any atom is 0.269 e. The highest BCUT2D eigenvalue weighted by atomic mass is 19.1. The number of likely N-dealkylation sites (tertiary alicyclic amines) is 1. The van der Waals surface area contributed by atoms with Crippen LogP contribution in [0, 0.1) is 17.7 Å². The molecule has 1 aliphatic rings. The van der Waals surface area contributed by atoms with Crippen molar-refractivity contribution in [3.8, 4) is 34.6 Å². The second-order valence-corrected chi connectivity index (χ2v) is 8.28. The van der Waals surface area contributed by atoms with Crippen LogP contribution in [-0.4, -0.2) is 45.0 Å². The van der Waals surface area contributed by atoms with E-state index in [0.717, 1.165) is 42.8 Å². The predicted octanol–water partition coefficient (Wildman–Crippen LogP) is 4.17. The van der Waals surface area contributed by atoms with Crippen molar-refractivity contribution >= 4 is 11.6 Å². The molecule has 1 amide bonds. The Labute approximate surface area is 196 Å². The van der Waals surface area contributed by atoms with E-state index in [9.17, 15) is 9.18 Å². The first-order chi connectivity index (χ1) is 16.5. The number of carbonyl (C=O) groups is 1. The summed E-state index contributed by atoms with van der Waals surface area (Å²) in [6, 6.07) is 13.3. The third-order valence-corrected chi connectivity index (χ3v) is 6.12. The number of imidazole rings is 1. The molecule has 5 rings (SSSR count). The number of carbonyl (C=O) groups excluding carboxylic acids is 1. The van der Waals surface area contributed by atoms with Gasteiger partial charge in [0.05, 0.1) is 18.4 Å². The Balaban J connectivity index is 1.45. The first-order valence-electron chi connectivity index (χ1n) is 11.1. The molecule has 1 saturated heterocycles. The smallest absolute Gasteiger partial charge is 0.269 e. The average Bonchev–Trinajstić information content (AvgIpc) is 3.54. The molecule has 1 aliphatic heterocycles. The van der Waals surface area contributed by atoms with Crippen LogP contribution in [-0.2, 0) is 0 Å². The lowest BCUT2D eigenvalue weighted by Crippen LogP contribution is -2.20. The van der Waals surface area contributed by atoms with Crippen molar-refractivity contribution in [2.75, 3.05) is 19.6 Å². The summed E-state index contributed by atoms with van der Waals surface area (Å²) in [7, 11) is 0. The second kappa shape index (κ2) is 9.04. The summed E-state index contributed by atoms with van der Waals surface area (Å²) in [4.78, 5) is 18.1. The molecule has 2 aromatic heterocycles. The summed E-state index contributed by atoms with van der Waals surface area (Å²) >= 11 is 0. The van der Waals surface area contributed by atoms with Gasteiger partial charge in [-0.25, -0.2) is 8.91 Å². The number of halogens is 1. The van der Waals surface area contributed by atoms with Gasteiger partial charge in [-0.3, -0.25) is 9.69 Å². The van der Waals surface area contributed by atoms with E-state index in [1.54, 1.807) is 47.0 Å². The molecule has 1 fully saturated rings. The van der Waals surface area contributed by atoms with Gasteiger partial charge >= 0.3 is 0 Å². The van der Waals surface area contributed by atoms with Gasteiger partial charge in [-0.05, 0) is 56.3 Å². The average molecular weight is 458 g/mol. The number of aromatic amines is 1. The largest absolute Gasteiger partial charge is 0.454 e. The van der Waals surface area contributed by atoms with Crippen LogP contribution < -0.4 is 10.5 Å². The van der Waals surface area contributed by atoms with Crippen molar-refractivity contribution in [2.24, 2.45) is 5.73 Å². The summed E-state index contributed by atoms with van der Waals surface area (Å²) in [5.74, 6) is 5.97. The fourth-order valence-electron chi connectivity index (χ4n) is 4.44. The highest BCUT2D eigenvalue weighted by Gasteiger charge is 2.29. The van der Waals surface area contributed by atoms with Crippen LogP contribution in [0.25, 0.3) is 16.9 Å². The van der Waals surface area contributed by atoms with Gasteiger partial charge in [-0.2, -0.15) is 5.10 Å². The zero-order chi connectivity index (χ0) is 23.7. The van der Waals surface area contributed by atoms with E-state index in [1.165, 1.54) is 6.07 Å². The van der Waals surface area contributed by atoms with Crippen LogP contribution in [0.4, 0.5) is 4.39 Å². The third-order valence-electron chi connectivity index (χ3n) is 6.12. The minimum Gasteiger partial charge on any atom is -0.454 e. The molecule has 0 spiro atoms. The van der Waals surface area contributed by atoms with E-state index >= 15 is 0 Å². The Morgan fingerprint density at radius 1 is 1.26 bits per heavy atom. The Morgan fingerprint density at radius 2 is 2.06 bits per heavy atom. The van der Waals surface area contributed by atoms with E-state index in [2.05, 4.69) is 26.8 Å². The zero-order valence-electron chi connectivity index (χ0n) is 18.7. The van der Waals surface area contributed by atoms with Crippen LogP contribution in [0.2, 0.25) is 0 Å². The van der Waals surface area contributed by atoms with Crippen molar-refractivity contribution < 1.29 is 13.9 Å².